The van der Waals surface area contributed by atoms with Crippen LogP contribution in [0.1, 0.15) is 12.6 Å². The van der Waals surface area contributed by atoms with Crippen LogP contribution in [0.25, 0.3) is 0 Å². The number of nitrogens with two attached hydrogens (primary N) is 1. The molecule has 0 saturated heterocycles. The minimum atomic E-state index is -0.0773. The number of nitrogens with one attached hydrogen (secondary N) is 1. The van der Waals surface area contributed by atoms with Crippen LogP contribution < -0.4 is 10.6 Å². The van der Waals surface area contributed by atoms with Crippen LogP contribution >= 0.6 is 23.1 Å². The van der Waals surface area contributed by atoms with Gasteiger partial charge in [-0.25, -0.2) is 10.1 Å². The van der Waals surface area contributed by atoms with Gasteiger partial charge in [0, 0.05) is 18.1 Å². The van der Waals surface area contributed by atoms with E-state index in [2.05, 4.69) is 20.2 Å². The molecule has 7 nitrogen and oxygen atoms in total. The predicted molar refractivity (Wildman–Crippen MR) is 91.7 cm³/mol. The number of anilines is 3. The topological polar surface area (TPSA) is 101 Å². The monoisotopic (exact) mass is 346 g/mol. The largest absolute Gasteiger partial charge is 0.368 e. The van der Waals surface area contributed by atoms with E-state index >= 15 is 0 Å². The summed E-state index contributed by atoms with van der Waals surface area (Å²) in [7, 11) is 0. The summed E-state index contributed by atoms with van der Waals surface area (Å²) in [5.41, 5.74) is 7.15. The minimum Gasteiger partial charge on any atom is -0.368 e. The lowest BCUT2D eigenvalue weighted by Crippen LogP contribution is -2.22. The van der Waals surface area contributed by atoms with E-state index in [4.69, 9.17) is 5.73 Å². The number of carbonyl (C=O) groups is 1. The molecule has 0 spiro atoms. The van der Waals surface area contributed by atoms with Crippen molar-refractivity contribution in [1.29, 1.82) is 0 Å². The quantitative estimate of drug-likeness (QED) is 0.689. The van der Waals surface area contributed by atoms with Gasteiger partial charge in [-0.15, -0.1) is 16.4 Å². The van der Waals surface area contributed by atoms with E-state index < -0.39 is 0 Å². The lowest BCUT2D eigenvalue weighted by molar-refractivity contribution is -0.115. The Bertz CT molecular complexity index is 800. The number of aromatic nitrogens is 4. The number of amides is 1. The van der Waals surface area contributed by atoms with Gasteiger partial charge in [0.2, 0.25) is 17.0 Å². The number of hydrogen-bond acceptors (Lipinski definition) is 7. The van der Waals surface area contributed by atoms with Crippen LogP contribution in [-0.4, -0.2) is 26.1 Å². The predicted octanol–water partition coefficient (Wildman–Crippen LogP) is 2.82. The Morgan fingerprint density at radius 3 is 2.78 bits per heavy atom. The Morgan fingerprint density at radius 1 is 1.35 bits per heavy atom. The van der Waals surface area contributed by atoms with Crippen molar-refractivity contribution in [3.63, 3.8) is 0 Å². The summed E-state index contributed by atoms with van der Waals surface area (Å²) in [6.07, 6.45) is 0. The molecule has 3 aromatic rings. The van der Waals surface area contributed by atoms with Gasteiger partial charge in [0.1, 0.15) is 0 Å². The van der Waals surface area contributed by atoms with E-state index in [1.807, 2.05) is 35.7 Å². The van der Waals surface area contributed by atoms with Crippen LogP contribution in [-0.2, 0) is 10.5 Å². The normalized spacial score (nSPS) is 10.7. The first-order valence-corrected chi connectivity index (χ1v) is 8.61. The standard InChI is InChI=1S/C14H14N6OS2/c1-9(21)20(11-5-3-2-4-6-11)14-16-10(8-23-14)7-22-13-17-12(15)18-19-13/h2-6,8H,7H2,1H3,(H3,15,17,18,19). The fourth-order valence-corrected chi connectivity index (χ4v) is 3.62. The molecule has 1 amide bonds. The SMILES string of the molecule is CC(=O)N(c1ccccc1)c1nc(CSc2n[nH]c(N)n2)cs1. The van der Waals surface area contributed by atoms with Crippen molar-refractivity contribution >= 4 is 45.8 Å². The van der Waals surface area contributed by atoms with Crippen molar-refractivity contribution in [2.75, 3.05) is 10.6 Å². The number of thioether (sulfide) groups is 1. The Balaban J connectivity index is 1.75. The van der Waals surface area contributed by atoms with E-state index in [1.165, 1.54) is 30.0 Å². The highest BCUT2D eigenvalue weighted by Crippen LogP contribution is 2.30. The highest BCUT2D eigenvalue weighted by atomic mass is 32.2. The van der Waals surface area contributed by atoms with Crippen LogP contribution in [0.5, 0.6) is 0 Å². The second-order valence-corrected chi connectivity index (χ2v) is 6.38. The molecule has 3 N–H and O–H groups in total. The molecule has 0 bridgehead atoms. The van der Waals surface area contributed by atoms with E-state index in [9.17, 15) is 4.79 Å². The van der Waals surface area contributed by atoms with Crippen LogP contribution in [0, 0.1) is 0 Å². The maximum Gasteiger partial charge on any atom is 0.230 e. The molecule has 1 aromatic carbocycles. The van der Waals surface area contributed by atoms with Gasteiger partial charge in [0.15, 0.2) is 5.13 Å². The van der Waals surface area contributed by atoms with Gasteiger partial charge in [0.05, 0.1) is 11.4 Å². The highest BCUT2D eigenvalue weighted by molar-refractivity contribution is 7.98. The van der Waals surface area contributed by atoms with Crippen molar-refractivity contribution < 1.29 is 4.79 Å². The first-order valence-electron chi connectivity index (χ1n) is 6.74. The molecule has 0 aliphatic heterocycles. The van der Waals surface area contributed by atoms with Crippen molar-refractivity contribution in [2.45, 2.75) is 17.8 Å². The van der Waals surface area contributed by atoms with Gasteiger partial charge < -0.3 is 5.73 Å². The number of benzene rings is 1. The van der Waals surface area contributed by atoms with Crippen molar-refractivity contribution in [3.8, 4) is 0 Å². The van der Waals surface area contributed by atoms with Crippen LogP contribution in [0.4, 0.5) is 16.8 Å². The number of H-pyrrole nitrogens is 1. The number of carbonyl (C=O) groups excluding carboxylic acids is 1. The van der Waals surface area contributed by atoms with E-state index in [0.29, 0.717) is 22.0 Å². The highest BCUT2D eigenvalue weighted by Gasteiger charge is 2.17. The number of rotatable bonds is 5. The molecular formula is C14H14N6OS2. The van der Waals surface area contributed by atoms with Gasteiger partial charge >= 0.3 is 0 Å². The molecule has 0 aliphatic carbocycles. The molecule has 0 fully saturated rings. The molecule has 0 atom stereocenters. The number of hydrogen-bond donors (Lipinski definition) is 2. The third-order valence-electron chi connectivity index (χ3n) is 2.89. The third-order valence-corrected chi connectivity index (χ3v) is 4.65. The summed E-state index contributed by atoms with van der Waals surface area (Å²) in [6, 6.07) is 9.46. The molecule has 0 saturated carbocycles. The molecule has 2 aromatic heterocycles. The van der Waals surface area contributed by atoms with Gasteiger partial charge in [-0.1, -0.05) is 30.0 Å². The lowest BCUT2D eigenvalue weighted by atomic mass is 10.3. The summed E-state index contributed by atoms with van der Waals surface area (Å²) in [5.74, 6) is 0.818. The number of para-hydroxylation sites is 1. The Hall–Kier alpha value is -2.39. The summed E-state index contributed by atoms with van der Waals surface area (Å²) < 4.78 is 0. The van der Waals surface area contributed by atoms with Crippen LogP contribution in [0.2, 0.25) is 0 Å². The number of nitrogens with zero attached hydrogens (tertiary/aromatic N) is 4. The second kappa shape index (κ2) is 6.80. The van der Waals surface area contributed by atoms with E-state index in [1.54, 1.807) is 4.90 Å². The molecule has 23 heavy (non-hydrogen) atoms. The number of nitrogen functional groups attached to an aromatic ring is 1. The summed E-state index contributed by atoms with van der Waals surface area (Å²) in [6.45, 7) is 1.53. The second-order valence-electron chi connectivity index (χ2n) is 4.60. The van der Waals surface area contributed by atoms with Gasteiger partial charge in [-0.05, 0) is 12.1 Å². The van der Waals surface area contributed by atoms with Gasteiger partial charge in [0.25, 0.3) is 0 Å². The molecule has 0 radical (unpaired) electrons. The van der Waals surface area contributed by atoms with Crippen LogP contribution in [0.3, 0.4) is 0 Å². The average Bonchev–Trinajstić information content (AvgIpc) is 3.15. The van der Waals surface area contributed by atoms with E-state index in [0.717, 1.165) is 11.4 Å². The number of thiazole rings is 1. The first-order chi connectivity index (χ1) is 11.1. The summed E-state index contributed by atoms with van der Waals surface area (Å²) in [4.78, 5) is 22.2. The van der Waals surface area contributed by atoms with Crippen molar-refractivity contribution in [2.24, 2.45) is 0 Å². The Morgan fingerprint density at radius 2 is 2.13 bits per heavy atom. The molecule has 3 rings (SSSR count). The Kier molecular flexibility index (Phi) is 4.58. The molecule has 0 aliphatic rings. The lowest BCUT2D eigenvalue weighted by Gasteiger charge is -2.17. The maximum absolute atomic E-state index is 12.0. The first kappa shape index (κ1) is 15.5. The zero-order valence-corrected chi connectivity index (χ0v) is 13.9. The summed E-state index contributed by atoms with van der Waals surface area (Å²) in [5, 5.41) is 9.70. The zero-order valence-electron chi connectivity index (χ0n) is 12.3. The molecule has 9 heteroatoms. The zero-order chi connectivity index (χ0) is 16.2. The number of aromatic amines is 1. The third kappa shape index (κ3) is 3.69. The van der Waals surface area contributed by atoms with Crippen molar-refractivity contribution in [3.05, 3.63) is 41.4 Å². The molecule has 118 valence electrons. The average molecular weight is 346 g/mol. The fraction of sp³-hybridized carbons (Fsp3) is 0.143. The smallest absolute Gasteiger partial charge is 0.230 e. The Labute approximate surface area is 141 Å². The van der Waals surface area contributed by atoms with Gasteiger partial charge in [-0.2, -0.15) is 4.98 Å². The van der Waals surface area contributed by atoms with Crippen molar-refractivity contribution in [1.82, 2.24) is 20.2 Å². The van der Waals surface area contributed by atoms with E-state index in [-0.39, 0.29) is 5.91 Å². The van der Waals surface area contributed by atoms with Gasteiger partial charge in [-0.3, -0.25) is 9.69 Å². The molecular weight excluding hydrogens is 332 g/mol. The van der Waals surface area contributed by atoms with Crippen LogP contribution in [0.15, 0.2) is 40.9 Å². The molecule has 0 unspecified atom stereocenters. The molecule has 2 heterocycles. The minimum absolute atomic E-state index is 0.0773. The maximum atomic E-state index is 12.0. The fourth-order valence-electron chi connectivity index (χ4n) is 1.93. The summed E-state index contributed by atoms with van der Waals surface area (Å²) >= 11 is 2.86.